The molecule has 0 aliphatic carbocycles. The molecule has 0 aliphatic rings. The normalized spacial score (nSPS) is 13.0. The topological polar surface area (TPSA) is 65.7 Å². The fourth-order valence-electron chi connectivity index (χ4n) is 0.958. The van der Waals surface area contributed by atoms with Gasteiger partial charge in [0, 0.05) is 26.0 Å². The maximum Gasteiger partial charge on any atom is 0.522 e. The second-order valence-electron chi connectivity index (χ2n) is 3.16. The smallest absolute Gasteiger partial charge is 0.376 e. The van der Waals surface area contributed by atoms with Gasteiger partial charge in [-0.2, -0.15) is 0 Å². The van der Waals surface area contributed by atoms with Crippen molar-refractivity contribution in [2.75, 3.05) is 20.8 Å². The lowest BCUT2D eigenvalue weighted by Crippen LogP contribution is -2.47. The largest absolute Gasteiger partial charge is 0.522 e. The number of nitrogens with two attached hydrogens (primary N) is 1. The predicted octanol–water partition coefficient (Wildman–Crippen LogP) is 1.01. The molecule has 3 N–H and O–H groups in total. The molecule has 15 heavy (non-hydrogen) atoms. The maximum atomic E-state index is 5.50. The summed E-state index contributed by atoms with van der Waals surface area (Å²) in [5.74, 6) is 0. The van der Waals surface area contributed by atoms with Gasteiger partial charge in [-0.1, -0.05) is 6.08 Å². The summed E-state index contributed by atoms with van der Waals surface area (Å²) < 4.78 is 16.2. The van der Waals surface area contributed by atoms with Gasteiger partial charge in [0.25, 0.3) is 0 Å². The molecule has 0 bridgehead atoms. The molecule has 0 unspecified atom stereocenters. The number of allylic oxidation sites excluding steroid dienone is 2. The second-order valence-corrected chi connectivity index (χ2v) is 6.05. The van der Waals surface area contributed by atoms with Crippen molar-refractivity contribution in [1.29, 1.82) is 0 Å². The van der Waals surface area contributed by atoms with E-state index in [4.69, 9.17) is 19.1 Å². The van der Waals surface area contributed by atoms with Crippen molar-refractivity contribution in [2.24, 2.45) is 5.73 Å². The van der Waals surface area contributed by atoms with Crippen LogP contribution in [0.1, 0.15) is 20.3 Å². The van der Waals surface area contributed by atoms with Crippen LogP contribution in [0, 0.1) is 0 Å². The molecule has 0 aromatic rings. The van der Waals surface area contributed by atoms with Gasteiger partial charge in [-0.25, -0.2) is 0 Å². The van der Waals surface area contributed by atoms with Crippen LogP contribution >= 0.6 is 0 Å². The zero-order valence-electron chi connectivity index (χ0n) is 10.0. The van der Waals surface area contributed by atoms with Crippen molar-refractivity contribution >= 4 is 8.80 Å². The third kappa shape index (κ3) is 5.29. The summed E-state index contributed by atoms with van der Waals surface area (Å²) in [5.41, 5.74) is 9.19. The average Bonchev–Trinajstić information content (AvgIpc) is 2.30. The molecule has 0 aliphatic heterocycles. The lowest BCUT2D eigenvalue weighted by Gasteiger charge is -2.26. The molecular weight excluding hydrogens is 212 g/mol. The van der Waals surface area contributed by atoms with Gasteiger partial charge in [-0.3, -0.25) is 10.0 Å². The molecule has 5 nitrogen and oxygen atoms in total. The first-order valence-electron chi connectivity index (χ1n) is 5.01. The number of rotatable bonds is 8. The molecular formula is C9H22N2O3Si. The van der Waals surface area contributed by atoms with Gasteiger partial charge in [0.05, 0.1) is 0 Å². The second kappa shape index (κ2) is 7.83. The summed E-state index contributed by atoms with van der Waals surface area (Å²) in [6.07, 6.45) is 2.73. The molecule has 90 valence electrons. The lowest BCUT2D eigenvalue weighted by atomic mass is 10.5. The minimum atomic E-state index is -2.58. The Bertz CT molecular complexity index is 196. The minimum absolute atomic E-state index is 0.605. The first-order valence-corrected chi connectivity index (χ1v) is 6.94. The molecule has 0 aromatic carbocycles. The van der Waals surface area contributed by atoms with E-state index in [1.54, 1.807) is 14.2 Å². The van der Waals surface area contributed by atoms with Crippen LogP contribution in [-0.4, -0.2) is 29.6 Å². The van der Waals surface area contributed by atoms with Crippen LogP contribution < -0.4 is 11.2 Å². The fraction of sp³-hybridized carbons (Fsp3) is 0.778. The highest BCUT2D eigenvalue weighted by Gasteiger charge is 2.39. The van der Waals surface area contributed by atoms with Crippen LogP contribution in [0.15, 0.2) is 11.8 Å². The quantitative estimate of drug-likeness (QED) is 0.485. The standard InChI is InChI=1S/C9H22N2O3Si/c1-5-9(2)11-14-15(12-3,13-4)8-6-7-10/h5,11H,6-8,10H2,1-4H3. The van der Waals surface area contributed by atoms with Gasteiger partial charge in [0.2, 0.25) is 0 Å². The third-order valence-corrected chi connectivity index (χ3v) is 4.73. The summed E-state index contributed by atoms with van der Waals surface area (Å²) in [7, 11) is 0.617. The van der Waals surface area contributed by atoms with E-state index in [0.29, 0.717) is 12.6 Å². The third-order valence-electron chi connectivity index (χ3n) is 2.11. The summed E-state index contributed by atoms with van der Waals surface area (Å²) in [5, 5.41) is 0. The average molecular weight is 234 g/mol. The Morgan fingerprint density at radius 3 is 2.40 bits per heavy atom. The lowest BCUT2D eigenvalue weighted by molar-refractivity contribution is 0.0599. The van der Waals surface area contributed by atoms with Gasteiger partial charge in [0.1, 0.15) is 0 Å². The number of hydroxylamine groups is 1. The fourth-order valence-corrected chi connectivity index (χ4v) is 2.75. The first kappa shape index (κ1) is 14.6. The maximum absolute atomic E-state index is 5.50. The molecule has 0 radical (unpaired) electrons. The van der Waals surface area contributed by atoms with E-state index in [1.165, 1.54) is 0 Å². The zero-order valence-corrected chi connectivity index (χ0v) is 11.0. The van der Waals surface area contributed by atoms with Gasteiger partial charge >= 0.3 is 8.80 Å². The van der Waals surface area contributed by atoms with Crippen LogP contribution in [-0.2, 0) is 13.4 Å². The molecule has 0 heterocycles. The molecule has 0 saturated heterocycles. The summed E-state index contributed by atoms with van der Waals surface area (Å²) in [6.45, 7) is 4.44. The van der Waals surface area contributed by atoms with Gasteiger partial charge in [0.15, 0.2) is 0 Å². The minimum Gasteiger partial charge on any atom is -0.376 e. The van der Waals surface area contributed by atoms with Crippen LogP contribution in [0.5, 0.6) is 0 Å². The molecule has 0 rings (SSSR count). The zero-order chi connectivity index (χ0) is 11.7. The first-order chi connectivity index (χ1) is 7.14. The van der Waals surface area contributed by atoms with E-state index in [0.717, 1.165) is 12.1 Å². The summed E-state index contributed by atoms with van der Waals surface area (Å²) >= 11 is 0. The van der Waals surface area contributed by atoms with E-state index in [-0.39, 0.29) is 0 Å². The highest BCUT2D eigenvalue weighted by molar-refractivity contribution is 6.60. The van der Waals surface area contributed by atoms with Gasteiger partial charge in [-0.15, -0.1) is 0 Å². The SMILES string of the molecule is CC=C(C)NO[Si](CCCN)(OC)OC. The molecule has 0 aromatic heterocycles. The number of hydrogen-bond donors (Lipinski definition) is 2. The Balaban J connectivity index is 4.22. The monoisotopic (exact) mass is 234 g/mol. The summed E-state index contributed by atoms with van der Waals surface area (Å²) in [4.78, 5) is 0. The van der Waals surface area contributed by atoms with E-state index in [2.05, 4.69) is 5.48 Å². The molecule has 0 spiro atoms. The van der Waals surface area contributed by atoms with Crippen LogP contribution in [0.2, 0.25) is 6.04 Å². The van der Waals surface area contributed by atoms with Gasteiger partial charge in [-0.05, 0) is 26.8 Å². The highest BCUT2D eigenvalue weighted by atomic mass is 28.4. The molecule has 0 amide bonds. The molecule has 0 fully saturated rings. The molecule has 0 saturated carbocycles. The van der Waals surface area contributed by atoms with E-state index < -0.39 is 8.80 Å². The summed E-state index contributed by atoms with van der Waals surface area (Å²) in [6, 6.07) is 0.709. The van der Waals surface area contributed by atoms with Crippen molar-refractivity contribution < 1.29 is 13.4 Å². The Labute approximate surface area is 92.9 Å². The van der Waals surface area contributed by atoms with Crippen molar-refractivity contribution in [2.45, 2.75) is 26.3 Å². The van der Waals surface area contributed by atoms with Crippen molar-refractivity contribution in [3.05, 3.63) is 11.8 Å². The molecule has 6 heteroatoms. The van der Waals surface area contributed by atoms with Crippen molar-refractivity contribution in [1.82, 2.24) is 5.48 Å². The van der Waals surface area contributed by atoms with E-state index >= 15 is 0 Å². The Hall–Kier alpha value is -0.403. The van der Waals surface area contributed by atoms with Crippen LogP contribution in [0.4, 0.5) is 0 Å². The van der Waals surface area contributed by atoms with Gasteiger partial charge < -0.3 is 14.6 Å². The predicted molar refractivity (Wildman–Crippen MR) is 61.9 cm³/mol. The van der Waals surface area contributed by atoms with E-state index in [9.17, 15) is 0 Å². The number of hydrogen-bond acceptors (Lipinski definition) is 5. The Morgan fingerprint density at radius 1 is 1.40 bits per heavy atom. The highest BCUT2D eigenvalue weighted by Crippen LogP contribution is 2.14. The van der Waals surface area contributed by atoms with Crippen LogP contribution in [0.25, 0.3) is 0 Å². The Morgan fingerprint density at radius 2 is 2.00 bits per heavy atom. The Kier molecular flexibility index (Phi) is 7.62. The van der Waals surface area contributed by atoms with Crippen molar-refractivity contribution in [3.63, 3.8) is 0 Å². The van der Waals surface area contributed by atoms with E-state index in [1.807, 2.05) is 19.9 Å². The number of nitrogens with one attached hydrogen (secondary N) is 1. The molecule has 0 atom stereocenters. The van der Waals surface area contributed by atoms with Crippen molar-refractivity contribution in [3.8, 4) is 0 Å². The van der Waals surface area contributed by atoms with Crippen LogP contribution in [0.3, 0.4) is 0 Å².